The molecule has 2 atom stereocenters. The molecule has 3 nitrogen and oxygen atoms in total. The molecular formula is C14H17F3O3. The fraction of sp³-hybridized carbons (Fsp3) is 0.500. The molecule has 0 spiro atoms. The van der Waals surface area contributed by atoms with Crippen LogP contribution in [0.25, 0.3) is 0 Å². The summed E-state index contributed by atoms with van der Waals surface area (Å²) in [7, 11) is 0.981. The molecule has 0 saturated heterocycles. The molecular weight excluding hydrogens is 273 g/mol. The van der Waals surface area contributed by atoms with Crippen LogP contribution in [-0.4, -0.2) is 24.6 Å². The van der Waals surface area contributed by atoms with Gasteiger partial charge in [-0.25, -0.2) is 13.2 Å². The number of methoxy groups -OCH3 is 1. The number of halogens is 3. The zero-order valence-electron chi connectivity index (χ0n) is 11.3. The van der Waals surface area contributed by atoms with Gasteiger partial charge in [-0.15, -0.1) is 0 Å². The van der Waals surface area contributed by atoms with Crippen LogP contribution in [0.5, 0.6) is 0 Å². The topological polar surface area (TPSA) is 46.5 Å². The van der Waals surface area contributed by atoms with Gasteiger partial charge in [-0.1, -0.05) is 25.5 Å². The van der Waals surface area contributed by atoms with Gasteiger partial charge in [0.1, 0.15) is 11.4 Å². The number of aliphatic hydroxyl groups is 1. The smallest absolute Gasteiger partial charge is 0.317 e. The maximum Gasteiger partial charge on any atom is 0.317 e. The largest absolute Gasteiger partial charge is 0.469 e. The fourth-order valence-corrected chi connectivity index (χ4v) is 2.23. The third kappa shape index (κ3) is 3.30. The molecule has 20 heavy (non-hydrogen) atoms. The van der Waals surface area contributed by atoms with E-state index in [2.05, 4.69) is 4.74 Å². The molecule has 1 rings (SSSR count). The van der Waals surface area contributed by atoms with Gasteiger partial charge in [-0.2, -0.15) is 0 Å². The SMILES string of the molecule is CCCC(O)(c1ccc(F)cc1)C(C(=O)OC)C(F)F. The molecule has 1 aromatic rings. The Balaban J connectivity index is 3.30. The second-order valence-corrected chi connectivity index (χ2v) is 4.52. The number of hydrogen-bond acceptors (Lipinski definition) is 3. The summed E-state index contributed by atoms with van der Waals surface area (Å²) in [6.45, 7) is 1.69. The molecule has 0 aliphatic carbocycles. The van der Waals surface area contributed by atoms with E-state index in [-0.39, 0.29) is 12.0 Å². The molecule has 112 valence electrons. The Morgan fingerprint density at radius 2 is 1.90 bits per heavy atom. The third-order valence-corrected chi connectivity index (χ3v) is 3.20. The summed E-state index contributed by atoms with van der Waals surface area (Å²) in [5.41, 5.74) is -2.03. The average Bonchev–Trinajstić information content (AvgIpc) is 2.39. The van der Waals surface area contributed by atoms with Crippen LogP contribution >= 0.6 is 0 Å². The number of alkyl halides is 2. The minimum absolute atomic E-state index is 0.0662. The van der Waals surface area contributed by atoms with Crippen molar-refractivity contribution in [1.29, 1.82) is 0 Å². The maximum atomic E-state index is 13.2. The van der Waals surface area contributed by atoms with Crippen molar-refractivity contribution >= 4 is 5.97 Å². The van der Waals surface area contributed by atoms with Crippen molar-refractivity contribution in [3.05, 3.63) is 35.6 Å². The van der Waals surface area contributed by atoms with E-state index in [1.165, 1.54) is 12.1 Å². The second-order valence-electron chi connectivity index (χ2n) is 4.52. The van der Waals surface area contributed by atoms with Crippen LogP contribution in [-0.2, 0) is 15.1 Å². The molecule has 1 N–H and O–H groups in total. The van der Waals surface area contributed by atoms with Crippen molar-refractivity contribution in [1.82, 2.24) is 0 Å². The zero-order chi connectivity index (χ0) is 15.3. The highest BCUT2D eigenvalue weighted by Gasteiger charge is 2.48. The minimum Gasteiger partial charge on any atom is -0.469 e. The van der Waals surface area contributed by atoms with Crippen molar-refractivity contribution in [2.45, 2.75) is 31.8 Å². The lowest BCUT2D eigenvalue weighted by atomic mass is 9.78. The standard InChI is InChI=1S/C14H17F3O3/c1-3-8-14(19,9-4-6-10(15)7-5-9)11(12(16)17)13(18)20-2/h4-7,11-12,19H,3,8H2,1-2H3. The number of benzene rings is 1. The van der Waals surface area contributed by atoms with Crippen LogP contribution in [0.4, 0.5) is 13.2 Å². The molecule has 0 saturated carbocycles. The van der Waals surface area contributed by atoms with Gasteiger partial charge in [0.15, 0.2) is 5.92 Å². The Morgan fingerprint density at radius 1 is 1.35 bits per heavy atom. The zero-order valence-corrected chi connectivity index (χ0v) is 11.3. The Bertz CT molecular complexity index is 447. The van der Waals surface area contributed by atoms with Gasteiger partial charge in [0, 0.05) is 0 Å². The highest BCUT2D eigenvalue weighted by molar-refractivity contribution is 5.74. The Morgan fingerprint density at radius 3 is 2.30 bits per heavy atom. The summed E-state index contributed by atoms with van der Waals surface area (Å²) < 4.78 is 43.7. The van der Waals surface area contributed by atoms with Gasteiger partial charge < -0.3 is 9.84 Å². The molecule has 2 unspecified atom stereocenters. The number of carbonyl (C=O) groups is 1. The lowest BCUT2D eigenvalue weighted by molar-refractivity contribution is -0.170. The van der Waals surface area contributed by atoms with E-state index in [1.807, 2.05) is 0 Å². The maximum absolute atomic E-state index is 13.2. The lowest BCUT2D eigenvalue weighted by Gasteiger charge is -2.34. The summed E-state index contributed by atoms with van der Waals surface area (Å²) >= 11 is 0. The molecule has 6 heteroatoms. The number of hydrogen-bond donors (Lipinski definition) is 1. The Kier molecular flexibility index (Phi) is 5.56. The van der Waals surface area contributed by atoms with Crippen molar-refractivity contribution in [3.8, 4) is 0 Å². The van der Waals surface area contributed by atoms with Crippen LogP contribution in [0.15, 0.2) is 24.3 Å². The van der Waals surface area contributed by atoms with Gasteiger partial charge in [0.2, 0.25) is 0 Å². The molecule has 0 heterocycles. The third-order valence-electron chi connectivity index (χ3n) is 3.20. The first-order valence-electron chi connectivity index (χ1n) is 6.21. The second kappa shape index (κ2) is 6.74. The van der Waals surface area contributed by atoms with Crippen molar-refractivity contribution < 1.29 is 27.8 Å². The normalized spacial score (nSPS) is 15.8. The van der Waals surface area contributed by atoms with E-state index < -0.39 is 29.7 Å². The van der Waals surface area contributed by atoms with E-state index in [0.29, 0.717) is 6.42 Å². The van der Waals surface area contributed by atoms with Crippen LogP contribution in [0.3, 0.4) is 0 Å². The predicted octanol–water partition coefficient (Wildman–Crippen LogP) is 2.87. The van der Waals surface area contributed by atoms with Gasteiger partial charge in [0.25, 0.3) is 6.43 Å². The van der Waals surface area contributed by atoms with E-state index >= 15 is 0 Å². The first kappa shape index (κ1) is 16.5. The minimum atomic E-state index is -3.09. The van der Waals surface area contributed by atoms with Crippen molar-refractivity contribution in [3.63, 3.8) is 0 Å². The summed E-state index contributed by atoms with van der Waals surface area (Å²) in [6.07, 6.45) is -2.79. The fourth-order valence-electron chi connectivity index (χ4n) is 2.23. The number of esters is 1. The first-order valence-corrected chi connectivity index (χ1v) is 6.21. The van der Waals surface area contributed by atoms with E-state index in [9.17, 15) is 23.1 Å². The summed E-state index contributed by atoms with van der Waals surface area (Å²) in [4.78, 5) is 11.6. The highest BCUT2D eigenvalue weighted by Crippen LogP contribution is 2.38. The molecule has 0 bridgehead atoms. The van der Waals surface area contributed by atoms with Gasteiger partial charge in [0.05, 0.1) is 7.11 Å². The molecule has 0 radical (unpaired) electrons. The van der Waals surface area contributed by atoms with Crippen LogP contribution in [0.2, 0.25) is 0 Å². The van der Waals surface area contributed by atoms with E-state index in [0.717, 1.165) is 19.2 Å². The first-order chi connectivity index (χ1) is 9.36. The Hall–Kier alpha value is -1.56. The monoisotopic (exact) mass is 290 g/mol. The van der Waals surface area contributed by atoms with E-state index in [4.69, 9.17) is 0 Å². The molecule has 0 aliphatic heterocycles. The molecule has 1 aromatic carbocycles. The summed E-state index contributed by atoms with van der Waals surface area (Å²) in [6, 6.07) is 4.50. The number of carbonyl (C=O) groups excluding carboxylic acids is 1. The predicted molar refractivity (Wildman–Crippen MR) is 66.7 cm³/mol. The molecule has 0 fully saturated rings. The molecule has 0 aliphatic rings. The number of rotatable bonds is 6. The molecule has 0 amide bonds. The van der Waals surface area contributed by atoms with Gasteiger partial charge in [-0.05, 0) is 24.1 Å². The van der Waals surface area contributed by atoms with Crippen LogP contribution in [0, 0.1) is 11.7 Å². The van der Waals surface area contributed by atoms with E-state index in [1.54, 1.807) is 6.92 Å². The van der Waals surface area contributed by atoms with Crippen LogP contribution in [0.1, 0.15) is 25.3 Å². The summed E-state index contributed by atoms with van der Waals surface area (Å²) in [5.74, 6) is -3.77. The van der Waals surface area contributed by atoms with Crippen LogP contribution < -0.4 is 0 Å². The Labute approximate surface area is 115 Å². The number of ether oxygens (including phenoxy) is 1. The van der Waals surface area contributed by atoms with Crippen molar-refractivity contribution in [2.75, 3.05) is 7.11 Å². The van der Waals surface area contributed by atoms with Gasteiger partial charge >= 0.3 is 5.97 Å². The highest BCUT2D eigenvalue weighted by atomic mass is 19.3. The lowest BCUT2D eigenvalue weighted by Crippen LogP contribution is -2.44. The average molecular weight is 290 g/mol. The van der Waals surface area contributed by atoms with Crippen molar-refractivity contribution in [2.24, 2.45) is 5.92 Å². The van der Waals surface area contributed by atoms with Gasteiger partial charge in [-0.3, -0.25) is 4.79 Å². The molecule has 0 aromatic heterocycles. The summed E-state index contributed by atoms with van der Waals surface area (Å²) in [5, 5.41) is 10.6. The quantitative estimate of drug-likeness (QED) is 0.819.